The first-order chi connectivity index (χ1) is 6.21. The minimum atomic E-state index is -0.703. The van der Waals surface area contributed by atoms with Gasteiger partial charge in [0.15, 0.2) is 4.87 Å². The third-order valence-corrected chi connectivity index (χ3v) is 3.76. The Morgan fingerprint density at radius 3 is 2.85 bits per heavy atom. The van der Waals surface area contributed by atoms with Crippen LogP contribution < -0.4 is 5.32 Å². The Labute approximate surface area is 83.3 Å². The quantitative estimate of drug-likeness (QED) is 0.667. The molecule has 0 aromatic heterocycles. The third-order valence-electron chi connectivity index (χ3n) is 2.34. The first kappa shape index (κ1) is 10.9. The van der Waals surface area contributed by atoms with Gasteiger partial charge in [-0.05, 0) is 6.42 Å². The lowest BCUT2D eigenvalue weighted by Gasteiger charge is -2.23. The van der Waals surface area contributed by atoms with Crippen molar-refractivity contribution in [2.24, 2.45) is 0 Å². The van der Waals surface area contributed by atoms with Gasteiger partial charge in [-0.25, -0.2) is 4.79 Å². The Morgan fingerprint density at radius 2 is 2.38 bits per heavy atom. The van der Waals surface area contributed by atoms with Crippen molar-refractivity contribution in [3.8, 4) is 0 Å². The standard InChI is InChI=1S/C9H17NO2S/c1-2-3-4-5-9(8(11)12)10-6-7-13-9/h10H,2-7H2,1H3,(H,11,12). The summed E-state index contributed by atoms with van der Waals surface area (Å²) < 4.78 is 0. The second kappa shape index (κ2) is 4.86. The number of hydrogen-bond acceptors (Lipinski definition) is 3. The van der Waals surface area contributed by atoms with E-state index in [9.17, 15) is 4.79 Å². The molecule has 1 fully saturated rings. The number of hydrogen-bond donors (Lipinski definition) is 2. The van der Waals surface area contributed by atoms with E-state index in [1.165, 1.54) is 11.8 Å². The van der Waals surface area contributed by atoms with Gasteiger partial charge in [0.2, 0.25) is 0 Å². The summed E-state index contributed by atoms with van der Waals surface area (Å²) in [4.78, 5) is 10.4. The summed E-state index contributed by atoms with van der Waals surface area (Å²) in [6.07, 6.45) is 4.02. The molecule has 1 aliphatic heterocycles. The smallest absolute Gasteiger partial charge is 0.334 e. The van der Waals surface area contributed by atoms with Crippen molar-refractivity contribution >= 4 is 17.7 Å². The lowest BCUT2D eigenvalue weighted by molar-refractivity contribution is -0.140. The Bertz CT molecular complexity index is 178. The predicted molar refractivity (Wildman–Crippen MR) is 55.0 cm³/mol. The fourth-order valence-electron chi connectivity index (χ4n) is 1.56. The minimum absolute atomic E-state index is 0.671. The summed E-state index contributed by atoms with van der Waals surface area (Å²) in [7, 11) is 0. The van der Waals surface area contributed by atoms with Gasteiger partial charge in [-0.2, -0.15) is 0 Å². The van der Waals surface area contributed by atoms with Crippen LogP contribution in [0.2, 0.25) is 0 Å². The molecule has 1 aliphatic rings. The van der Waals surface area contributed by atoms with E-state index < -0.39 is 10.8 Å². The average molecular weight is 203 g/mol. The van der Waals surface area contributed by atoms with Crippen LogP contribution in [0.5, 0.6) is 0 Å². The maximum Gasteiger partial charge on any atom is 0.334 e. The molecule has 1 saturated heterocycles. The molecule has 1 rings (SSSR count). The topological polar surface area (TPSA) is 49.3 Å². The Balaban J connectivity index is 2.43. The molecule has 0 radical (unpaired) electrons. The summed E-state index contributed by atoms with van der Waals surface area (Å²) >= 11 is 1.54. The summed E-state index contributed by atoms with van der Waals surface area (Å²) in [5.74, 6) is 0.212. The molecule has 1 unspecified atom stereocenters. The molecule has 0 spiro atoms. The van der Waals surface area contributed by atoms with Gasteiger partial charge in [0.25, 0.3) is 0 Å². The number of thioether (sulfide) groups is 1. The fourth-order valence-corrected chi connectivity index (χ4v) is 2.73. The van der Waals surface area contributed by atoms with E-state index in [0.717, 1.165) is 38.0 Å². The van der Waals surface area contributed by atoms with Crippen molar-refractivity contribution < 1.29 is 9.90 Å². The van der Waals surface area contributed by atoms with Gasteiger partial charge in [-0.1, -0.05) is 26.2 Å². The van der Waals surface area contributed by atoms with Crippen LogP contribution in [0, 0.1) is 0 Å². The van der Waals surface area contributed by atoms with Crippen LogP contribution in [0.4, 0.5) is 0 Å². The van der Waals surface area contributed by atoms with Crippen LogP contribution in [0.25, 0.3) is 0 Å². The number of rotatable bonds is 5. The number of unbranched alkanes of at least 4 members (excludes halogenated alkanes) is 2. The van der Waals surface area contributed by atoms with E-state index in [-0.39, 0.29) is 0 Å². The SMILES string of the molecule is CCCCCC1(C(=O)O)NCCS1. The molecule has 0 amide bonds. The van der Waals surface area contributed by atoms with Crippen LogP contribution in [0.3, 0.4) is 0 Å². The number of carbonyl (C=O) groups is 1. The second-order valence-corrected chi connectivity index (χ2v) is 4.76. The molecular weight excluding hydrogens is 186 g/mol. The lowest BCUT2D eigenvalue weighted by Crippen LogP contribution is -2.45. The van der Waals surface area contributed by atoms with Crippen molar-refractivity contribution in [1.29, 1.82) is 0 Å². The molecule has 0 aliphatic carbocycles. The van der Waals surface area contributed by atoms with Gasteiger partial charge in [-0.3, -0.25) is 5.32 Å². The van der Waals surface area contributed by atoms with Gasteiger partial charge in [0.05, 0.1) is 0 Å². The zero-order chi connectivity index (χ0) is 9.73. The zero-order valence-corrected chi connectivity index (χ0v) is 8.82. The highest BCUT2D eigenvalue weighted by atomic mass is 32.2. The highest BCUT2D eigenvalue weighted by Gasteiger charge is 2.41. The predicted octanol–water partition coefficient (Wildman–Crippen LogP) is 1.68. The van der Waals surface area contributed by atoms with Gasteiger partial charge in [0.1, 0.15) is 0 Å². The van der Waals surface area contributed by atoms with Crippen LogP contribution in [-0.4, -0.2) is 28.2 Å². The Hall–Kier alpha value is -0.220. The first-order valence-corrected chi connectivity index (χ1v) is 5.82. The number of carboxylic acids is 1. The number of carboxylic acid groups (broad SMARTS) is 1. The van der Waals surface area contributed by atoms with E-state index in [1.54, 1.807) is 0 Å². The molecule has 4 heteroatoms. The molecule has 0 aromatic rings. The van der Waals surface area contributed by atoms with Gasteiger partial charge in [-0.15, -0.1) is 11.8 Å². The van der Waals surface area contributed by atoms with Crippen molar-refractivity contribution in [2.75, 3.05) is 12.3 Å². The van der Waals surface area contributed by atoms with Gasteiger partial charge < -0.3 is 5.11 Å². The molecule has 13 heavy (non-hydrogen) atoms. The van der Waals surface area contributed by atoms with E-state index in [2.05, 4.69) is 12.2 Å². The third kappa shape index (κ3) is 2.61. The van der Waals surface area contributed by atoms with Crippen molar-refractivity contribution in [3.63, 3.8) is 0 Å². The minimum Gasteiger partial charge on any atom is -0.479 e. The summed E-state index contributed by atoms with van der Waals surface area (Å²) in [6.45, 7) is 2.95. The summed E-state index contributed by atoms with van der Waals surface area (Å²) in [6, 6.07) is 0. The highest BCUT2D eigenvalue weighted by Crippen LogP contribution is 2.32. The summed E-state index contributed by atoms with van der Waals surface area (Å²) in [5.41, 5.74) is 0. The van der Waals surface area contributed by atoms with Crippen LogP contribution >= 0.6 is 11.8 Å². The van der Waals surface area contributed by atoms with Crippen molar-refractivity contribution in [2.45, 2.75) is 37.5 Å². The average Bonchev–Trinajstić information content (AvgIpc) is 2.55. The van der Waals surface area contributed by atoms with Crippen molar-refractivity contribution in [3.05, 3.63) is 0 Å². The molecular formula is C9H17NO2S. The molecule has 1 heterocycles. The molecule has 1 atom stereocenters. The Morgan fingerprint density at radius 1 is 1.62 bits per heavy atom. The first-order valence-electron chi connectivity index (χ1n) is 4.83. The summed E-state index contributed by atoms with van der Waals surface area (Å²) in [5, 5.41) is 12.2. The van der Waals surface area contributed by atoms with Crippen LogP contribution in [-0.2, 0) is 4.79 Å². The monoisotopic (exact) mass is 203 g/mol. The maximum atomic E-state index is 11.0. The molecule has 0 bridgehead atoms. The number of aliphatic carboxylic acids is 1. The van der Waals surface area contributed by atoms with Gasteiger partial charge >= 0.3 is 5.97 Å². The van der Waals surface area contributed by atoms with E-state index in [1.807, 2.05) is 0 Å². The van der Waals surface area contributed by atoms with E-state index in [0.29, 0.717) is 0 Å². The zero-order valence-electron chi connectivity index (χ0n) is 8.01. The molecule has 0 aromatic carbocycles. The molecule has 3 nitrogen and oxygen atoms in total. The second-order valence-electron chi connectivity index (χ2n) is 3.36. The normalized spacial score (nSPS) is 27.8. The van der Waals surface area contributed by atoms with E-state index in [4.69, 9.17) is 5.11 Å². The molecule has 76 valence electrons. The fraction of sp³-hybridized carbons (Fsp3) is 0.889. The van der Waals surface area contributed by atoms with E-state index >= 15 is 0 Å². The maximum absolute atomic E-state index is 11.0. The Kier molecular flexibility index (Phi) is 4.06. The highest BCUT2D eigenvalue weighted by molar-refractivity contribution is 8.01. The number of nitrogens with one attached hydrogen (secondary N) is 1. The lowest BCUT2D eigenvalue weighted by atomic mass is 10.1. The van der Waals surface area contributed by atoms with Crippen molar-refractivity contribution in [1.82, 2.24) is 5.32 Å². The largest absolute Gasteiger partial charge is 0.479 e. The van der Waals surface area contributed by atoms with Crippen LogP contribution in [0.15, 0.2) is 0 Å². The van der Waals surface area contributed by atoms with Gasteiger partial charge in [0, 0.05) is 12.3 Å². The molecule has 2 N–H and O–H groups in total. The molecule has 0 saturated carbocycles. The van der Waals surface area contributed by atoms with Crippen LogP contribution in [0.1, 0.15) is 32.6 Å².